The summed E-state index contributed by atoms with van der Waals surface area (Å²) in [4.78, 5) is 13.3. The molecule has 0 aliphatic rings. The molecular formula is C9H14N2OS. The van der Waals surface area contributed by atoms with Crippen LogP contribution >= 0.6 is 11.3 Å². The monoisotopic (exact) mass is 198 g/mol. The van der Waals surface area contributed by atoms with E-state index in [1.54, 1.807) is 25.8 Å². The molecule has 4 heteroatoms. The molecule has 1 aromatic heterocycles. The Bertz CT molecular complexity index is 287. The molecule has 2 N–H and O–H groups in total. The first-order valence-corrected chi connectivity index (χ1v) is 4.91. The van der Waals surface area contributed by atoms with Crippen LogP contribution in [0.15, 0.2) is 17.5 Å². The predicted octanol–water partition coefficient (Wildman–Crippen LogP) is 1.45. The predicted molar refractivity (Wildman–Crippen MR) is 56.0 cm³/mol. The standard InChI is InChI=1S/C9H14N2OS/c1-9(2,10)8(12)11(3)7-5-4-6-13-7/h4-6H,10H2,1-3H3. The van der Waals surface area contributed by atoms with E-state index in [0.29, 0.717) is 0 Å². The van der Waals surface area contributed by atoms with Crippen molar-refractivity contribution in [2.45, 2.75) is 19.4 Å². The van der Waals surface area contributed by atoms with Gasteiger partial charge < -0.3 is 10.6 Å². The van der Waals surface area contributed by atoms with Gasteiger partial charge in [-0.25, -0.2) is 0 Å². The minimum Gasteiger partial charge on any atom is -0.318 e. The van der Waals surface area contributed by atoms with Crippen molar-refractivity contribution in [1.29, 1.82) is 0 Å². The third kappa shape index (κ3) is 2.29. The summed E-state index contributed by atoms with van der Waals surface area (Å²) in [6, 6.07) is 3.81. The van der Waals surface area contributed by atoms with Crippen molar-refractivity contribution in [3.05, 3.63) is 17.5 Å². The molecule has 0 aliphatic carbocycles. The van der Waals surface area contributed by atoms with E-state index in [1.165, 1.54) is 11.3 Å². The summed E-state index contributed by atoms with van der Waals surface area (Å²) in [7, 11) is 1.74. The van der Waals surface area contributed by atoms with Gasteiger partial charge in [-0.3, -0.25) is 4.79 Å². The number of hydrogen-bond donors (Lipinski definition) is 1. The highest BCUT2D eigenvalue weighted by molar-refractivity contribution is 7.14. The lowest BCUT2D eigenvalue weighted by Gasteiger charge is -2.24. The number of thiophene rings is 1. The number of rotatable bonds is 2. The minimum absolute atomic E-state index is 0.0741. The normalized spacial score (nSPS) is 11.4. The number of amides is 1. The molecule has 0 fully saturated rings. The summed E-state index contributed by atoms with van der Waals surface area (Å²) in [5, 5.41) is 2.85. The van der Waals surface area contributed by atoms with Crippen LogP contribution in [0.2, 0.25) is 0 Å². The zero-order valence-electron chi connectivity index (χ0n) is 8.07. The van der Waals surface area contributed by atoms with E-state index in [-0.39, 0.29) is 5.91 Å². The molecule has 1 heterocycles. The molecule has 0 spiro atoms. The van der Waals surface area contributed by atoms with Crippen molar-refractivity contribution in [3.8, 4) is 0 Å². The summed E-state index contributed by atoms with van der Waals surface area (Å²) in [5.41, 5.74) is 4.89. The Kier molecular flexibility index (Phi) is 2.73. The maximum atomic E-state index is 11.7. The van der Waals surface area contributed by atoms with Gasteiger partial charge in [-0.2, -0.15) is 0 Å². The van der Waals surface area contributed by atoms with E-state index in [2.05, 4.69) is 0 Å². The van der Waals surface area contributed by atoms with Crippen LogP contribution in [-0.2, 0) is 4.79 Å². The Hall–Kier alpha value is -0.870. The Morgan fingerprint density at radius 3 is 2.62 bits per heavy atom. The van der Waals surface area contributed by atoms with Gasteiger partial charge >= 0.3 is 0 Å². The van der Waals surface area contributed by atoms with Crippen LogP contribution in [0.5, 0.6) is 0 Å². The van der Waals surface area contributed by atoms with Gasteiger partial charge in [0.2, 0.25) is 5.91 Å². The van der Waals surface area contributed by atoms with E-state index >= 15 is 0 Å². The molecular weight excluding hydrogens is 184 g/mol. The fraction of sp³-hybridized carbons (Fsp3) is 0.444. The van der Waals surface area contributed by atoms with E-state index in [4.69, 9.17) is 5.73 Å². The number of carbonyl (C=O) groups is 1. The number of hydrogen-bond acceptors (Lipinski definition) is 3. The minimum atomic E-state index is -0.807. The van der Waals surface area contributed by atoms with Crippen LogP contribution in [-0.4, -0.2) is 18.5 Å². The Morgan fingerprint density at radius 2 is 2.23 bits per heavy atom. The summed E-state index contributed by atoms with van der Waals surface area (Å²) in [5.74, 6) is -0.0741. The van der Waals surface area contributed by atoms with Crippen molar-refractivity contribution < 1.29 is 4.79 Å². The second-order valence-corrected chi connectivity index (χ2v) is 4.46. The van der Waals surface area contributed by atoms with Crippen LogP contribution < -0.4 is 10.6 Å². The fourth-order valence-electron chi connectivity index (χ4n) is 0.993. The molecule has 72 valence electrons. The summed E-state index contributed by atoms with van der Waals surface area (Å²) in [6.45, 7) is 3.42. The molecule has 0 unspecified atom stereocenters. The summed E-state index contributed by atoms with van der Waals surface area (Å²) >= 11 is 1.52. The molecule has 0 atom stereocenters. The Morgan fingerprint density at radius 1 is 1.62 bits per heavy atom. The molecule has 0 saturated carbocycles. The topological polar surface area (TPSA) is 46.3 Å². The highest BCUT2D eigenvalue weighted by Gasteiger charge is 2.26. The SMILES string of the molecule is CN(C(=O)C(C)(C)N)c1cccs1. The first-order chi connectivity index (χ1) is 5.93. The lowest BCUT2D eigenvalue weighted by molar-refractivity contribution is -0.122. The smallest absolute Gasteiger partial charge is 0.246 e. The van der Waals surface area contributed by atoms with Crippen molar-refractivity contribution in [2.75, 3.05) is 11.9 Å². The molecule has 0 saturated heterocycles. The first kappa shape index (κ1) is 10.2. The Balaban J connectivity index is 2.81. The molecule has 0 aromatic carbocycles. The molecule has 0 bridgehead atoms. The van der Waals surface area contributed by atoms with Crippen LogP contribution in [0.1, 0.15) is 13.8 Å². The van der Waals surface area contributed by atoms with Gasteiger partial charge in [-0.05, 0) is 31.4 Å². The van der Waals surface area contributed by atoms with Crippen LogP contribution in [0.4, 0.5) is 5.00 Å². The van der Waals surface area contributed by atoms with Crippen LogP contribution in [0.3, 0.4) is 0 Å². The second-order valence-electron chi connectivity index (χ2n) is 3.54. The van der Waals surface area contributed by atoms with Gasteiger partial charge in [0.1, 0.15) is 0 Å². The van der Waals surface area contributed by atoms with Crippen molar-refractivity contribution >= 4 is 22.2 Å². The lowest BCUT2D eigenvalue weighted by Crippen LogP contribution is -2.49. The number of nitrogens with two attached hydrogens (primary N) is 1. The number of likely N-dealkylation sites (N-methyl/N-ethyl adjacent to an activating group) is 1. The lowest BCUT2D eigenvalue weighted by atomic mass is 10.1. The second kappa shape index (κ2) is 3.47. The van der Waals surface area contributed by atoms with Crippen molar-refractivity contribution in [1.82, 2.24) is 0 Å². The van der Waals surface area contributed by atoms with Gasteiger partial charge in [0.05, 0.1) is 10.5 Å². The van der Waals surface area contributed by atoms with E-state index < -0.39 is 5.54 Å². The van der Waals surface area contributed by atoms with E-state index in [9.17, 15) is 4.79 Å². The number of nitrogens with zero attached hydrogens (tertiary/aromatic N) is 1. The van der Waals surface area contributed by atoms with E-state index in [1.807, 2.05) is 17.5 Å². The highest BCUT2D eigenvalue weighted by Crippen LogP contribution is 2.21. The maximum absolute atomic E-state index is 11.7. The zero-order chi connectivity index (χ0) is 10.1. The van der Waals surface area contributed by atoms with Crippen LogP contribution in [0.25, 0.3) is 0 Å². The molecule has 13 heavy (non-hydrogen) atoms. The average molecular weight is 198 g/mol. The molecule has 1 amide bonds. The van der Waals surface area contributed by atoms with Gasteiger partial charge in [0, 0.05) is 7.05 Å². The Labute approximate surface area is 82.2 Å². The quantitative estimate of drug-likeness (QED) is 0.781. The fourth-order valence-corrected chi connectivity index (χ4v) is 1.69. The third-order valence-corrected chi connectivity index (χ3v) is 2.64. The summed E-state index contributed by atoms with van der Waals surface area (Å²) < 4.78 is 0. The van der Waals surface area contributed by atoms with Gasteiger partial charge in [0.25, 0.3) is 0 Å². The van der Waals surface area contributed by atoms with Crippen LogP contribution in [0, 0.1) is 0 Å². The van der Waals surface area contributed by atoms with Gasteiger partial charge in [0.15, 0.2) is 0 Å². The van der Waals surface area contributed by atoms with Gasteiger partial charge in [-0.15, -0.1) is 11.3 Å². The molecule has 0 aliphatic heterocycles. The highest BCUT2D eigenvalue weighted by atomic mass is 32.1. The zero-order valence-corrected chi connectivity index (χ0v) is 8.89. The van der Waals surface area contributed by atoms with E-state index in [0.717, 1.165) is 5.00 Å². The molecule has 0 radical (unpaired) electrons. The average Bonchev–Trinajstić information content (AvgIpc) is 2.51. The molecule has 3 nitrogen and oxygen atoms in total. The summed E-state index contributed by atoms with van der Waals surface area (Å²) in [6.07, 6.45) is 0. The maximum Gasteiger partial charge on any atom is 0.246 e. The van der Waals surface area contributed by atoms with Gasteiger partial charge in [-0.1, -0.05) is 0 Å². The molecule has 1 rings (SSSR count). The van der Waals surface area contributed by atoms with Crippen molar-refractivity contribution in [2.24, 2.45) is 5.73 Å². The largest absolute Gasteiger partial charge is 0.318 e. The molecule has 1 aromatic rings. The number of anilines is 1. The number of carbonyl (C=O) groups excluding carboxylic acids is 1. The third-order valence-electron chi connectivity index (χ3n) is 1.69. The van der Waals surface area contributed by atoms with Crippen molar-refractivity contribution in [3.63, 3.8) is 0 Å². The first-order valence-electron chi connectivity index (χ1n) is 4.03.